The molecule has 1 aliphatic rings. The van der Waals surface area contributed by atoms with Crippen molar-refractivity contribution < 1.29 is 0 Å². The first-order chi connectivity index (χ1) is 8.35. The van der Waals surface area contributed by atoms with Crippen LogP contribution in [0.5, 0.6) is 0 Å². The van der Waals surface area contributed by atoms with Gasteiger partial charge in [0, 0.05) is 26.1 Å². The van der Waals surface area contributed by atoms with E-state index in [9.17, 15) is 0 Å². The molecule has 1 aromatic heterocycles. The average molecular weight is 237 g/mol. The van der Waals surface area contributed by atoms with Crippen LogP contribution >= 0.6 is 0 Å². The second-order valence-electron chi connectivity index (χ2n) is 4.51. The maximum absolute atomic E-state index is 4.29. The van der Waals surface area contributed by atoms with E-state index >= 15 is 0 Å². The molecule has 2 heterocycles. The summed E-state index contributed by atoms with van der Waals surface area (Å²) in [6, 6.07) is 0. The first-order valence-electron chi connectivity index (χ1n) is 6.73. The van der Waals surface area contributed by atoms with Crippen molar-refractivity contribution in [3.8, 4) is 0 Å². The molecule has 0 bridgehead atoms. The number of nitrogens with one attached hydrogen (secondary N) is 1. The van der Waals surface area contributed by atoms with Crippen LogP contribution in [-0.2, 0) is 13.0 Å². The summed E-state index contributed by atoms with van der Waals surface area (Å²) in [5.41, 5.74) is 0. The molecule has 0 aliphatic carbocycles. The predicted molar refractivity (Wildman–Crippen MR) is 69.2 cm³/mol. The molecule has 1 saturated heterocycles. The minimum atomic E-state index is 0.893. The lowest BCUT2D eigenvalue weighted by atomic mass is 10.3. The highest BCUT2D eigenvalue weighted by molar-refractivity contribution is 5.25. The summed E-state index contributed by atoms with van der Waals surface area (Å²) in [6.07, 6.45) is 3.71. The van der Waals surface area contributed by atoms with Gasteiger partial charge < -0.3 is 10.2 Å². The van der Waals surface area contributed by atoms with Crippen molar-refractivity contribution in [2.75, 3.05) is 31.5 Å². The fraction of sp³-hybridized carbons (Fsp3) is 0.833. The van der Waals surface area contributed by atoms with Gasteiger partial charge in [-0.3, -0.25) is 4.57 Å². The van der Waals surface area contributed by atoms with Crippen molar-refractivity contribution in [2.24, 2.45) is 0 Å². The maximum Gasteiger partial charge on any atom is 0.224 e. The Bertz CT molecular complexity index is 341. The lowest BCUT2D eigenvalue weighted by molar-refractivity contribution is 0.339. The quantitative estimate of drug-likeness (QED) is 0.811. The van der Waals surface area contributed by atoms with Crippen molar-refractivity contribution >= 4 is 5.95 Å². The van der Waals surface area contributed by atoms with Crippen molar-refractivity contribution in [1.82, 2.24) is 19.7 Å². The summed E-state index contributed by atoms with van der Waals surface area (Å²) in [5.74, 6) is 2.02. The van der Waals surface area contributed by atoms with Crippen LogP contribution in [0.2, 0.25) is 0 Å². The first kappa shape index (κ1) is 12.4. The Hall–Kier alpha value is -1.10. The van der Waals surface area contributed by atoms with Crippen LogP contribution in [0.4, 0.5) is 5.95 Å². The zero-order valence-electron chi connectivity index (χ0n) is 10.9. The maximum atomic E-state index is 4.29. The fourth-order valence-corrected chi connectivity index (χ4v) is 2.41. The third-order valence-electron chi connectivity index (χ3n) is 3.33. The van der Waals surface area contributed by atoms with Crippen molar-refractivity contribution in [2.45, 2.75) is 39.7 Å². The highest BCUT2D eigenvalue weighted by atomic mass is 15.3. The molecule has 2 rings (SSSR count). The number of anilines is 1. The molecule has 96 valence electrons. The molecule has 0 saturated carbocycles. The van der Waals surface area contributed by atoms with Gasteiger partial charge in [-0.15, -0.1) is 10.2 Å². The van der Waals surface area contributed by atoms with Gasteiger partial charge in [0.1, 0.15) is 5.82 Å². The molecule has 5 heteroatoms. The predicted octanol–water partition coefficient (Wildman–Crippen LogP) is 1.37. The largest absolute Gasteiger partial charge is 0.355 e. The zero-order chi connectivity index (χ0) is 12.1. The van der Waals surface area contributed by atoms with Crippen LogP contribution in [-0.4, -0.2) is 45.8 Å². The number of nitrogens with zero attached hydrogens (tertiary/aromatic N) is 4. The second kappa shape index (κ2) is 6.00. The SMILES string of the molecule is CCNc1nnc(CCN2CCCC2)n1CC. The highest BCUT2D eigenvalue weighted by Crippen LogP contribution is 2.11. The number of likely N-dealkylation sites (tertiary alicyclic amines) is 1. The summed E-state index contributed by atoms with van der Waals surface area (Å²) < 4.78 is 2.18. The van der Waals surface area contributed by atoms with E-state index in [1.807, 2.05) is 0 Å². The third kappa shape index (κ3) is 2.97. The molecule has 0 unspecified atom stereocenters. The van der Waals surface area contributed by atoms with E-state index < -0.39 is 0 Å². The van der Waals surface area contributed by atoms with E-state index in [2.05, 4.69) is 38.8 Å². The Morgan fingerprint density at radius 1 is 1.18 bits per heavy atom. The monoisotopic (exact) mass is 237 g/mol. The van der Waals surface area contributed by atoms with Gasteiger partial charge >= 0.3 is 0 Å². The fourth-order valence-electron chi connectivity index (χ4n) is 2.41. The van der Waals surface area contributed by atoms with Crippen molar-refractivity contribution in [3.63, 3.8) is 0 Å². The molecule has 0 radical (unpaired) electrons. The lowest BCUT2D eigenvalue weighted by Gasteiger charge is -2.14. The van der Waals surface area contributed by atoms with Gasteiger partial charge in [0.15, 0.2) is 0 Å². The summed E-state index contributed by atoms with van der Waals surface area (Å²) in [5, 5.41) is 11.7. The summed E-state index contributed by atoms with van der Waals surface area (Å²) >= 11 is 0. The van der Waals surface area contributed by atoms with Crippen LogP contribution in [0, 0.1) is 0 Å². The molecule has 5 nitrogen and oxygen atoms in total. The van der Waals surface area contributed by atoms with Crippen molar-refractivity contribution in [1.29, 1.82) is 0 Å². The van der Waals surface area contributed by atoms with Crippen LogP contribution in [0.3, 0.4) is 0 Å². The highest BCUT2D eigenvalue weighted by Gasteiger charge is 2.14. The van der Waals surface area contributed by atoms with E-state index in [-0.39, 0.29) is 0 Å². The Labute approximate surface area is 103 Å². The number of aromatic nitrogens is 3. The topological polar surface area (TPSA) is 46.0 Å². The molecule has 1 N–H and O–H groups in total. The van der Waals surface area contributed by atoms with Gasteiger partial charge in [0.25, 0.3) is 0 Å². The molecule has 0 amide bonds. The van der Waals surface area contributed by atoms with Crippen LogP contribution < -0.4 is 5.32 Å². The summed E-state index contributed by atoms with van der Waals surface area (Å²) in [7, 11) is 0. The van der Waals surface area contributed by atoms with Crippen LogP contribution in [0.15, 0.2) is 0 Å². The van der Waals surface area contributed by atoms with Gasteiger partial charge in [-0.05, 0) is 39.8 Å². The normalized spacial score (nSPS) is 16.6. The Morgan fingerprint density at radius 2 is 1.94 bits per heavy atom. The van der Waals surface area contributed by atoms with Gasteiger partial charge in [-0.25, -0.2) is 0 Å². The van der Waals surface area contributed by atoms with E-state index in [0.29, 0.717) is 0 Å². The van der Waals surface area contributed by atoms with Crippen LogP contribution in [0.1, 0.15) is 32.5 Å². The first-order valence-corrected chi connectivity index (χ1v) is 6.73. The van der Waals surface area contributed by atoms with E-state index in [1.54, 1.807) is 0 Å². The second-order valence-corrected chi connectivity index (χ2v) is 4.51. The number of hydrogen-bond donors (Lipinski definition) is 1. The number of rotatable bonds is 6. The average Bonchev–Trinajstić information content (AvgIpc) is 2.95. The number of hydrogen-bond acceptors (Lipinski definition) is 4. The molecule has 1 fully saturated rings. The minimum Gasteiger partial charge on any atom is -0.355 e. The van der Waals surface area contributed by atoms with Gasteiger partial charge in [-0.1, -0.05) is 0 Å². The molecule has 17 heavy (non-hydrogen) atoms. The molecular formula is C12H23N5. The van der Waals surface area contributed by atoms with Crippen molar-refractivity contribution in [3.05, 3.63) is 5.82 Å². The van der Waals surface area contributed by atoms with E-state index in [0.717, 1.165) is 37.8 Å². The molecular weight excluding hydrogens is 214 g/mol. The molecule has 1 aromatic rings. The summed E-state index contributed by atoms with van der Waals surface area (Å²) in [4.78, 5) is 2.52. The molecule has 0 spiro atoms. The Kier molecular flexibility index (Phi) is 4.36. The Balaban J connectivity index is 1.94. The minimum absolute atomic E-state index is 0.893. The third-order valence-corrected chi connectivity index (χ3v) is 3.33. The van der Waals surface area contributed by atoms with E-state index in [1.165, 1.54) is 25.9 Å². The smallest absolute Gasteiger partial charge is 0.224 e. The van der Waals surface area contributed by atoms with Gasteiger partial charge in [0.05, 0.1) is 0 Å². The molecule has 0 aromatic carbocycles. The van der Waals surface area contributed by atoms with E-state index in [4.69, 9.17) is 0 Å². The Morgan fingerprint density at radius 3 is 2.59 bits per heavy atom. The molecule has 1 aliphatic heterocycles. The van der Waals surface area contributed by atoms with Crippen LogP contribution in [0.25, 0.3) is 0 Å². The zero-order valence-corrected chi connectivity index (χ0v) is 10.9. The van der Waals surface area contributed by atoms with Gasteiger partial charge in [-0.2, -0.15) is 0 Å². The standard InChI is InChI=1S/C12H23N5/c1-3-13-12-15-14-11(17(12)4-2)7-10-16-8-5-6-9-16/h3-10H2,1-2H3,(H,13,15). The molecule has 0 atom stereocenters. The van der Waals surface area contributed by atoms with Gasteiger partial charge in [0.2, 0.25) is 5.95 Å². The summed E-state index contributed by atoms with van der Waals surface area (Å²) in [6.45, 7) is 9.67. The lowest BCUT2D eigenvalue weighted by Crippen LogP contribution is -2.23.